The molecule has 0 aromatic carbocycles. The number of thiophene rings is 1. The summed E-state index contributed by atoms with van der Waals surface area (Å²) in [5.74, 6) is 0.849. The van der Waals surface area contributed by atoms with E-state index in [4.69, 9.17) is 0 Å². The lowest BCUT2D eigenvalue weighted by Crippen LogP contribution is -2.39. The average Bonchev–Trinajstić information content (AvgIpc) is 2.75. The second-order valence-electron chi connectivity index (χ2n) is 4.82. The molecule has 0 spiro atoms. The Labute approximate surface area is 109 Å². The molecular weight excluding hydrogens is 252 g/mol. The van der Waals surface area contributed by atoms with E-state index in [0.717, 1.165) is 22.5 Å². The van der Waals surface area contributed by atoms with Crippen LogP contribution in [-0.4, -0.2) is 15.3 Å². The molecule has 3 nitrogen and oxygen atoms in total. The van der Waals surface area contributed by atoms with Crippen LogP contribution in [0.15, 0.2) is 22.6 Å². The van der Waals surface area contributed by atoms with Gasteiger partial charge in [0.25, 0.3) is 5.56 Å². The van der Waals surface area contributed by atoms with Gasteiger partial charge in [-0.05, 0) is 35.5 Å². The summed E-state index contributed by atoms with van der Waals surface area (Å²) >= 11 is 5.90. The second-order valence-corrected chi connectivity index (χ2v) is 6.06. The summed E-state index contributed by atoms with van der Waals surface area (Å²) in [6, 6.07) is 1.89. The first-order chi connectivity index (χ1) is 8.24. The lowest BCUT2D eigenvalue weighted by atomic mass is 9.70. The van der Waals surface area contributed by atoms with Crippen molar-refractivity contribution in [3.8, 4) is 0 Å². The molecule has 0 saturated heterocycles. The normalized spacial score (nSPS) is 18.2. The largest absolute Gasteiger partial charge is 0.297 e. The molecule has 0 unspecified atom stereocenters. The van der Waals surface area contributed by atoms with E-state index in [-0.39, 0.29) is 11.0 Å². The van der Waals surface area contributed by atoms with Crippen molar-refractivity contribution in [1.82, 2.24) is 9.55 Å². The maximum absolute atomic E-state index is 12.2. The molecule has 1 fully saturated rings. The Morgan fingerprint density at radius 1 is 1.53 bits per heavy atom. The van der Waals surface area contributed by atoms with Crippen molar-refractivity contribution < 1.29 is 0 Å². The van der Waals surface area contributed by atoms with E-state index in [0.29, 0.717) is 0 Å². The highest BCUT2D eigenvalue weighted by atomic mass is 32.1. The predicted octanol–water partition coefficient (Wildman–Crippen LogP) is 2.56. The molecule has 2 aromatic heterocycles. The van der Waals surface area contributed by atoms with E-state index in [2.05, 4.69) is 17.6 Å². The number of hydrogen-bond donors (Lipinski definition) is 1. The topological polar surface area (TPSA) is 34.9 Å². The Bertz CT molecular complexity index is 592. The van der Waals surface area contributed by atoms with Crippen LogP contribution in [0.4, 0.5) is 0 Å². The Balaban J connectivity index is 2.00. The molecule has 0 radical (unpaired) electrons. The molecule has 17 heavy (non-hydrogen) atoms. The second kappa shape index (κ2) is 4.14. The zero-order valence-electron chi connectivity index (χ0n) is 9.43. The van der Waals surface area contributed by atoms with Gasteiger partial charge in [-0.15, -0.1) is 11.3 Å². The van der Waals surface area contributed by atoms with Gasteiger partial charge in [0.1, 0.15) is 4.70 Å². The van der Waals surface area contributed by atoms with Crippen LogP contribution in [0.2, 0.25) is 0 Å². The Morgan fingerprint density at radius 2 is 2.35 bits per heavy atom. The van der Waals surface area contributed by atoms with Gasteiger partial charge < -0.3 is 0 Å². The van der Waals surface area contributed by atoms with Crippen molar-refractivity contribution >= 4 is 34.2 Å². The SMILES string of the molecule is O=c1c2sccc2ncn1CC1(CS)CCC1. The highest BCUT2D eigenvalue weighted by Gasteiger charge is 2.36. The van der Waals surface area contributed by atoms with Crippen LogP contribution in [0.3, 0.4) is 0 Å². The minimum absolute atomic E-state index is 0.0954. The fourth-order valence-electron chi connectivity index (χ4n) is 2.40. The van der Waals surface area contributed by atoms with Gasteiger partial charge in [-0.25, -0.2) is 4.98 Å². The minimum atomic E-state index is 0.0954. The zero-order valence-corrected chi connectivity index (χ0v) is 11.1. The molecule has 3 rings (SSSR count). The maximum atomic E-state index is 12.2. The standard InChI is InChI=1S/C12H14N2OS2/c15-11-10-9(2-5-17-10)13-8-14(11)6-12(7-16)3-1-4-12/h2,5,8,16H,1,3-4,6-7H2. The van der Waals surface area contributed by atoms with E-state index in [1.807, 2.05) is 11.4 Å². The molecule has 0 atom stereocenters. The summed E-state index contributed by atoms with van der Waals surface area (Å²) < 4.78 is 2.52. The summed E-state index contributed by atoms with van der Waals surface area (Å²) in [5.41, 5.74) is 1.13. The first-order valence-electron chi connectivity index (χ1n) is 5.78. The molecule has 5 heteroatoms. The molecule has 1 aliphatic rings. The van der Waals surface area contributed by atoms with E-state index in [9.17, 15) is 4.79 Å². The Kier molecular flexibility index (Phi) is 2.75. The van der Waals surface area contributed by atoms with Gasteiger partial charge in [0, 0.05) is 6.54 Å². The molecule has 1 saturated carbocycles. The van der Waals surface area contributed by atoms with Gasteiger partial charge in [0.2, 0.25) is 0 Å². The van der Waals surface area contributed by atoms with Crippen LogP contribution in [0, 0.1) is 5.41 Å². The third kappa shape index (κ3) is 1.81. The van der Waals surface area contributed by atoms with Crippen molar-refractivity contribution in [3.63, 3.8) is 0 Å². The summed E-state index contributed by atoms with van der Waals surface area (Å²) in [7, 11) is 0. The molecular formula is C12H14N2OS2. The first-order valence-corrected chi connectivity index (χ1v) is 7.29. The van der Waals surface area contributed by atoms with Crippen molar-refractivity contribution in [3.05, 3.63) is 28.1 Å². The first kappa shape index (κ1) is 11.3. The molecule has 2 aromatic rings. The predicted molar refractivity (Wildman–Crippen MR) is 74.0 cm³/mol. The number of hydrogen-bond acceptors (Lipinski definition) is 4. The number of aromatic nitrogens is 2. The monoisotopic (exact) mass is 266 g/mol. The molecule has 0 bridgehead atoms. The summed E-state index contributed by atoms with van der Waals surface area (Å²) in [4.78, 5) is 16.6. The smallest absolute Gasteiger partial charge is 0.271 e. The van der Waals surface area contributed by atoms with Crippen LogP contribution in [0.1, 0.15) is 19.3 Å². The highest BCUT2D eigenvalue weighted by Crippen LogP contribution is 2.42. The maximum Gasteiger partial charge on any atom is 0.271 e. The van der Waals surface area contributed by atoms with Crippen LogP contribution in [-0.2, 0) is 6.54 Å². The lowest BCUT2D eigenvalue weighted by Gasteiger charge is -2.41. The molecule has 0 aliphatic heterocycles. The summed E-state index contributed by atoms with van der Waals surface area (Å²) in [6.45, 7) is 0.760. The Hall–Kier alpha value is -0.810. The molecule has 2 heterocycles. The van der Waals surface area contributed by atoms with Crippen LogP contribution >= 0.6 is 24.0 Å². The fourth-order valence-corrected chi connectivity index (χ4v) is 3.60. The zero-order chi connectivity index (χ0) is 11.9. The number of nitrogens with zero attached hydrogens (tertiary/aromatic N) is 2. The quantitative estimate of drug-likeness (QED) is 0.867. The molecule has 90 valence electrons. The van der Waals surface area contributed by atoms with Crippen molar-refractivity contribution in [2.45, 2.75) is 25.8 Å². The van der Waals surface area contributed by atoms with Gasteiger partial charge in [0.05, 0.1) is 11.8 Å². The Morgan fingerprint density at radius 3 is 3.00 bits per heavy atom. The summed E-state index contributed by atoms with van der Waals surface area (Å²) in [6.07, 6.45) is 5.28. The highest BCUT2D eigenvalue weighted by molar-refractivity contribution is 7.80. The van der Waals surface area contributed by atoms with Crippen molar-refractivity contribution in [2.75, 3.05) is 5.75 Å². The van der Waals surface area contributed by atoms with Crippen molar-refractivity contribution in [2.24, 2.45) is 5.41 Å². The average molecular weight is 266 g/mol. The van der Waals surface area contributed by atoms with Gasteiger partial charge in [-0.3, -0.25) is 9.36 Å². The molecule has 0 amide bonds. The van der Waals surface area contributed by atoms with Gasteiger partial charge in [-0.1, -0.05) is 6.42 Å². The summed E-state index contributed by atoms with van der Waals surface area (Å²) in [5, 5.41) is 1.92. The molecule has 1 aliphatic carbocycles. The van der Waals surface area contributed by atoms with E-state index in [1.165, 1.54) is 30.6 Å². The lowest BCUT2D eigenvalue weighted by molar-refractivity contribution is 0.137. The third-order valence-electron chi connectivity index (χ3n) is 3.69. The molecule has 0 N–H and O–H groups in total. The van der Waals surface area contributed by atoms with Crippen molar-refractivity contribution in [1.29, 1.82) is 0 Å². The number of fused-ring (bicyclic) bond motifs is 1. The fraction of sp³-hybridized carbons (Fsp3) is 0.500. The minimum Gasteiger partial charge on any atom is -0.297 e. The van der Waals surface area contributed by atoms with E-state index in [1.54, 1.807) is 10.9 Å². The van der Waals surface area contributed by atoms with Gasteiger partial charge >= 0.3 is 0 Å². The third-order valence-corrected chi connectivity index (χ3v) is 5.25. The van der Waals surface area contributed by atoms with Crippen LogP contribution < -0.4 is 5.56 Å². The number of thiol groups is 1. The van der Waals surface area contributed by atoms with Gasteiger partial charge in [0.15, 0.2) is 0 Å². The van der Waals surface area contributed by atoms with Crippen LogP contribution in [0.25, 0.3) is 10.2 Å². The van der Waals surface area contributed by atoms with Crippen LogP contribution in [0.5, 0.6) is 0 Å². The number of rotatable bonds is 3. The van der Waals surface area contributed by atoms with E-state index < -0.39 is 0 Å². The van der Waals surface area contributed by atoms with Gasteiger partial charge in [-0.2, -0.15) is 12.6 Å². The van der Waals surface area contributed by atoms with E-state index >= 15 is 0 Å².